The van der Waals surface area contributed by atoms with E-state index in [1.807, 2.05) is 0 Å². The minimum absolute atomic E-state index is 0.0764. The number of nitrogens with zero attached hydrogens (tertiary/aromatic N) is 3. The first-order chi connectivity index (χ1) is 12.8. The molecule has 1 saturated heterocycles. The molecule has 0 spiro atoms. The number of fused-ring (bicyclic) bond motifs is 1. The van der Waals surface area contributed by atoms with Crippen LogP contribution in [-0.2, 0) is 19.2 Å². The van der Waals surface area contributed by atoms with E-state index in [-0.39, 0.29) is 33.7 Å². The lowest BCUT2D eigenvalue weighted by atomic mass is 10.0. The molecule has 10 nitrogen and oxygen atoms in total. The van der Waals surface area contributed by atoms with Gasteiger partial charge in [0.2, 0.25) is 0 Å². The van der Waals surface area contributed by atoms with Gasteiger partial charge in [-0.25, -0.2) is 9.78 Å². The molecule has 3 heterocycles. The topological polar surface area (TPSA) is 147 Å². The summed E-state index contributed by atoms with van der Waals surface area (Å²) in [4.78, 5) is 46.1. The predicted molar refractivity (Wildman–Crippen MR) is 97.7 cm³/mol. The number of thioether (sulfide) groups is 1. The largest absolute Gasteiger partial charge is 0.477 e. The molecule has 4 N–H and O–H groups in total. The number of aromatic nitrogens is 1. The number of hydrogen-bond donors (Lipinski definition) is 3. The summed E-state index contributed by atoms with van der Waals surface area (Å²) in [6, 6.07) is 3.73. The fraction of sp³-hybridized carbons (Fsp3) is 0.267. The molecule has 142 valence electrons. The van der Waals surface area contributed by atoms with Crippen molar-refractivity contribution in [3.8, 4) is 0 Å². The molecule has 0 aromatic carbocycles. The highest BCUT2D eigenvalue weighted by Crippen LogP contribution is 2.41. The number of carboxylic acids is 1. The summed E-state index contributed by atoms with van der Waals surface area (Å²) < 4.78 is 0. The zero-order chi connectivity index (χ0) is 19.7. The Morgan fingerprint density at radius 1 is 1.52 bits per heavy atom. The smallest absolute Gasteiger partial charge is 0.353 e. The first-order valence-corrected chi connectivity index (χ1v) is 8.99. The number of halogens is 1. The number of nitrogen functional groups attached to an aromatic ring is 1. The number of β-lactam (4-membered cyclic amide) rings is 1. The number of rotatable bonds is 5. The molecule has 2 aliphatic rings. The monoisotopic (exact) mass is 411 g/mol. The number of amides is 2. The van der Waals surface area contributed by atoms with E-state index in [0.717, 1.165) is 4.90 Å². The van der Waals surface area contributed by atoms with Crippen LogP contribution in [0.2, 0.25) is 0 Å². The zero-order valence-corrected chi connectivity index (χ0v) is 15.5. The number of pyridine rings is 1. The van der Waals surface area contributed by atoms with Gasteiger partial charge in [-0.15, -0.1) is 11.8 Å². The van der Waals surface area contributed by atoms with E-state index in [1.165, 1.54) is 24.9 Å². The summed E-state index contributed by atoms with van der Waals surface area (Å²) in [5.74, 6) is -2.17. The van der Waals surface area contributed by atoms with Gasteiger partial charge in [0.1, 0.15) is 35.7 Å². The maximum Gasteiger partial charge on any atom is 0.353 e. The van der Waals surface area contributed by atoms with Gasteiger partial charge >= 0.3 is 5.97 Å². The quantitative estimate of drug-likeness (QED) is 0.347. The average molecular weight is 412 g/mol. The molecular weight excluding hydrogens is 398 g/mol. The van der Waals surface area contributed by atoms with Crippen molar-refractivity contribution in [3.63, 3.8) is 0 Å². The number of carboxylic acid groups (broad SMARTS) is 1. The van der Waals surface area contributed by atoms with E-state index in [4.69, 9.17) is 22.2 Å². The molecule has 0 bridgehead atoms. The average Bonchev–Trinajstić information content (AvgIpc) is 2.63. The van der Waals surface area contributed by atoms with Crippen LogP contribution in [0.4, 0.5) is 5.82 Å². The van der Waals surface area contributed by atoms with Gasteiger partial charge in [0.05, 0.1) is 5.03 Å². The van der Waals surface area contributed by atoms with Gasteiger partial charge in [-0.3, -0.25) is 14.5 Å². The van der Waals surface area contributed by atoms with Crippen molar-refractivity contribution in [2.45, 2.75) is 11.4 Å². The van der Waals surface area contributed by atoms with E-state index in [0.29, 0.717) is 0 Å². The number of aliphatic carboxylic acids is 1. The lowest BCUT2D eigenvalue weighted by molar-refractivity contribution is -0.150. The number of carbonyl (C=O) groups is 3. The van der Waals surface area contributed by atoms with Crippen LogP contribution in [0.5, 0.6) is 0 Å². The van der Waals surface area contributed by atoms with Crippen molar-refractivity contribution in [2.75, 3.05) is 18.6 Å². The van der Waals surface area contributed by atoms with Crippen molar-refractivity contribution >= 4 is 52.7 Å². The number of hydrogen-bond acceptors (Lipinski definition) is 8. The highest BCUT2D eigenvalue weighted by molar-refractivity contribution is 8.00. The summed E-state index contributed by atoms with van der Waals surface area (Å²) in [5, 5.41) is 15.0. The molecule has 2 atom stereocenters. The number of nitrogens with one attached hydrogen (secondary N) is 1. The fourth-order valence-corrected chi connectivity index (χ4v) is 4.22. The van der Waals surface area contributed by atoms with Gasteiger partial charge in [-0.1, -0.05) is 22.8 Å². The Morgan fingerprint density at radius 2 is 2.26 bits per heavy atom. The second-order valence-electron chi connectivity index (χ2n) is 5.49. The normalized spacial score (nSPS) is 22.1. The third-order valence-corrected chi connectivity index (χ3v) is 5.57. The maximum atomic E-state index is 12.6. The van der Waals surface area contributed by atoms with Crippen LogP contribution in [0.3, 0.4) is 0 Å². The van der Waals surface area contributed by atoms with E-state index in [2.05, 4.69) is 15.5 Å². The summed E-state index contributed by atoms with van der Waals surface area (Å²) in [5.41, 5.74) is 5.36. The van der Waals surface area contributed by atoms with E-state index >= 15 is 0 Å². The van der Waals surface area contributed by atoms with Crippen LogP contribution >= 0.6 is 23.4 Å². The Labute approximate surface area is 162 Å². The van der Waals surface area contributed by atoms with Gasteiger partial charge in [0, 0.05) is 5.75 Å². The number of nitrogens with two attached hydrogens (primary N) is 1. The van der Waals surface area contributed by atoms with Crippen molar-refractivity contribution in [1.29, 1.82) is 0 Å². The summed E-state index contributed by atoms with van der Waals surface area (Å²) in [7, 11) is 1.26. The minimum atomic E-state index is -1.30. The van der Waals surface area contributed by atoms with Crippen LogP contribution < -0.4 is 11.1 Å². The Morgan fingerprint density at radius 3 is 2.89 bits per heavy atom. The summed E-state index contributed by atoms with van der Waals surface area (Å²) in [6.45, 7) is 0. The Balaban J connectivity index is 1.80. The molecule has 1 aromatic rings. The van der Waals surface area contributed by atoms with Crippen LogP contribution in [0.15, 0.2) is 34.1 Å². The predicted octanol–water partition coefficient (Wildman–Crippen LogP) is -0.0508. The molecule has 12 heteroatoms. The molecule has 0 saturated carbocycles. The standard InChI is InChI=1S/C15H14ClN5O5S/c1-26-20-9(7-3-2-4-8(17)18-7)12(22)19-10-13(23)21-11(15(24)25)6(16)5-27-14(10)21/h2-4,10,14H,5H2,1H3,(H2,17,18)(H,19,22)(H,24,25)/t10?,14-/m1/s1. The zero-order valence-electron chi connectivity index (χ0n) is 13.9. The highest BCUT2D eigenvalue weighted by Gasteiger charge is 2.54. The third kappa shape index (κ3) is 3.43. The van der Waals surface area contributed by atoms with Crippen LogP contribution in [0.1, 0.15) is 5.69 Å². The Bertz CT molecular complexity index is 889. The molecule has 0 radical (unpaired) electrons. The summed E-state index contributed by atoms with van der Waals surface area (Å²) >= 11 is 7.17. The fourth-order valence-electron chi connectivity index (χ4n) is 2.67. The lowest BCUT2D eigenvalue weighted by Crippen LogP contribution is -2.71. The van der Waals surface area contributed by atoms with E-state index in [9.17, 15) is 19.5 Å². The van der Waals surface area contributed by atoms with Crippen LogP contribution in [-0.4, -0.2) is 62.8 Å². The Kier molecular flexibility index (Phi) is 5.24. The highest BCUT2D eigenvalue weighted by atomic mass is 35.5. The lowest BCUT2D eigenvalue weighted by Gasteiger charge is -2.48. The first-order valence-electron chi connectivity index (χ1n) is 7.56. The van der Waals surface area contributed by atoms with E-state index in [1.54, 1.807) is 12.1 Å². The van der Waals surface area contributed by atoms with Gasteiger partial charge in [-0.2, -0.15) is 0 Å². The first kappa shape index (κ1) is 19.0. The Hall–Kier alpha value is -2.79. The van der Waals surface area contributed by atoms with Crippen molar-refractivity contribution in [2.24, 2.45) is 5.16 Å². The molecular formula is C15H14ClN5O5S. The van der Waals surface area contributed by atoms with Gasteiger partial charge in [0.15, 0.2) is 5.71 Å². The van der Waals surface area contributed by atoms with Crippen LogP contribution in [0.25, 0.3) is 0 Å². The third-order valence-electron chi connectivity index (χ3n) is 3.82. The molecule has 27 heavy (non-hydrogen) atoms. The molecule has 1 aromatic heterocycles. The molecule has 3 rings (SSSR count). The second-order valence-corrected chi connectivity index (χ2v) is 7.05. The SMILES string of the molecule is CON=C(C(=O)NC1C(=O)N2C(C(=O)O)=C(Cl)CS[C@H]12)c1cccc(N)n1. The van der Waals surface area contributed by atoms with E-state index < -0.39 is 29.2 Å². The number of anilines is 1. The minimum Gasteiger partial charge on any atom is -0.477 e. The molecule has 1 fully saturated rings. The molecule has 2 amide bonds. The van der Waals surface area contributed by atoms with Gasteiger partial charge in [0.25, 0.3) is 11.8 Å². The van der Waals surface area contributed by atoms with Crippen molar-refractivity contribution < 1.29 is 24.3 Å². The number of carbonyl (C=O) groups excluding carboxylic acids is 2. The maximum absolute atomic E-state index is 12.6. The number of oxime groups is 1. The molecule has 2 aliphatic heterocycles. The molecule has 1 unspecified atom stereocenters. The summed E-state index contributed by atoms with van der Waals surface area (Å²) in [6.07, 6.45) is 0. The van der Waals surface area contributed by atoms with Crippen molar-refractivity contribution in [3.05, 3.63) is 34.6 Å². The second kappa shape index (κ2) is 7.45. The molecule has 0 aliphatic carbocycles. The van der Waals surface area contributed by atoms with Gasteiger partial charge in [-0.05, 0) is 12.1 Å². The van der Waals surface area contributed by atoms with Crippen LogP contribution in [0, 0.1) is 0 Å². The van der Waals surface area contributed by atoms with Crippen molar-refractivity contribution in [1.82, 2.24) is 15.2 Å². The van der Waals surface area contributed by atoms with Gasteiger partial charge < -0.3 is 21.0 Å².